The number of rotatable bonds is 40. The van der Waals surface area contributed by atoms with Gasteiger partial charge >= 0.3 is 11.9 Å². The number of hydrogen-bond acceptors (Lipinski definition) is 7. The lowest BCUT2D eigenvalue weighted by atomic mass is 10.0. The van der Waals surface area contributed by atoms with Crippen molar-refractivity contribution >= 4 is 29.6 Å². The summed E-state index contributed by atoms with van der Waals surface area (Å²) in [5.74, 6) is -0.445. The van der Waals surface area contributed by atoms with E-state index in [1.165, 1.54) is 116 Å². The fourth-order valence-corrected chi connectivity index (χ4v) is 7.76. The maximum absolute atomic E-state index is 13.7. The van der Waals surface area contributed by atoms with Gasteiger partial charge in [0.15, 0.2) is 0 Å². The minimum absolute atomic E-state index is 0.140. The Labute approximate surface area is 336 Å². The van der Waals surface area contributed by atoms with Crippen LogP contribution in [0.15, 0.2) is 18.7 Å². The summed E-state index contributed by atoms with van der Waals surface area (Å²) < 4.78 is 13.6. The first-order chi connectivity index (χ1) is 26.5. The number of nitrogens with zero attached hydrogens (tertiary/aromatic N) is 2. The number of imidazole rings is 1. The van der Waals surface area contributed by atoms with Gasteiger partial charge in [0.2, 0.25) is 5.91 Å². The zero-order valence-electron chi connectivity index (χ0n) is 35.3. The number of amides is 1. The van der Waals surface area contributed by atoms with E-state index in [0.717, 1.165) is 64.3 Å². The largest absolute Gasteiger partial charge is 0.466 e. The number of aromatic nitrogens is 2. The SMILES string of the molecule is CCCCCCCCCCCCCCOC(=O)CCSCCC(C(=O)NCCCn1ccnc1)C(=O)OC(CCCCCCCC)CCCCCCCC. The number of thioether (sulfide) groups is 1. The van der Waals surface area contributed by atoms with E-state index in [2.05, 4.69) is 31.1 Å². The van der Waals surface area contributed by atoms with E-state index in [1.54, 1.807) is 24.3 Å². The fraction of sp³-hybridized carbons (Fsp3) is 0.867. The molecular weight excluding hydrogens is 695 g/mol. The van der Waals surface area contributed by atoms with Crippen LogP contribution in [0.4, 0.5) is 0 Å². The second-order valence-corrected chi connectivity index (χ2v) is 16.7. The number of unbranched alkanes of at least 4 members (excludes halogenated alkanes) is 21. The molecule has 0 fully saturated rings. The van der Waals surface area contributed by atoms with Crippen molar-refractivity contribution in [1.82, 2.24) is 14.9 Å². The molecule has 0 saturated carbocycles. The van der Waals surface area contributed by atoms with E-state index in [9.17, 15) is 14.4 Å². The van der Waals surface area contributed by atoms with E-state index in [4.69, 9.17) is 9.47 Å². The van der Waals surface area contributed by atoms with Crippen molar-refractivity contribution in [3.05, 3.63) is 18.7 Å². The van der Waals surface area contributed by atoms with Gasteiger partial charge in [-0.05, 0) is 50.7 Å². The Bertz CT molecular complexity index is 976. The van der Waals surface area contributed by atoms with Crippen LogP contribution in [-0.2, 0) is 30.4 Å². The molecule has 1 rings (SSSR count). The lowest BCUT2D eigenvalue weighted by Gasteiger charge is -2.22. The number of aryl methyl sites for hydroxylation is 1. The molecule has 1 N–H and O–H groups in total. The third-order valence-corrected chi connectivity index (χ3v) is 11.4. The van der Waals surface area contributed by atoms with E-state index in [1.807, 2.05) is 10.8 Å². The minimum Gasteiger partial charge on any atom is -0.466 e. The molecule has 314 valence electrons. The molecular formula is C45H83N3O5S. The molecule has 0 aliphatic rings. The molecule has 0 aromatic carbocycles. The third-order valence-electron chi connectivity index (χ3n) is 10.4. The van der Waals surface area contributed by atoms with Gasteiger partial charge in [-0.25, -0.2) is 4.98 Å². The summed E-state index contributed by atoms with van der Waals surface area (Å²) in [4.78, 5) is 43.5. The van der Waals surface area contributed by atoms with Crippen molar-refractivity contribution < 1.29 is 23.9 Å². The summed E-state index contributed by atoms with van der Waals surface area (Å²) in [7, 11) is 0. The molecule has 1 aromatic heterocycles. The minimum atomic E-state index is -0.847. The van der Waals surface area contributed by atoms with Crippen molar-refractivity contribution in [3.8, 4) is 0 Å². The molecule has 1 amide bonds. The van der Waals surface area contributed by atoms with Crippen LogP contribution in [0, 0.1) is 5.92 Å². The summed E-state index contributed by atoms with van der Waals surface area (Å²) in [6.45, 7) is 8.46. The number of carbonyl (C=O) groups excluding carboxylic acids is 3. The van der Waals surface area contributed by atoms with Crippen molar-refractivity contribution in [2.45, 2.75) is 220 Å². The number of esters is 2. The fourth-order valence-electron chi connectivity index (χ4n) is 6.84. The molecule has 0 radical (unpaired) electrons. The van der Waals surface area contributed by atoms with Gasteiger partial charge in [-0.2, -0.15) is 11.8 Å². The first kappa shape index (κ1) is 50.0. The van der Waals surface area contributed by atoms with Gasteiger partial charge in [0.05, 0.1) is 19.4 Å². The molecule has 1 aromatic rings. The number of carbonyl (C=O) groups is 3. The van der Waals surface area contributed by atoms with E-state index in [-0.39, 0.29) is 18.0 Å². The molecule has 0 saturated heterocycles. The van der Waals surface area contributed by atoms with Crippen LogP contribution in [0.2, 0.25) is 0 Å². The summed E-state index contributed by atoms with van der Waals surface area (Å²) in [6, 6.07) is 0. The normalized spacial score (nSPS) is 11.9. The molecule has 1 heterocycles. The van der Waals surface area contributed by atoms with Gasteiger partial charge < -0.3 is 19.4 Å². The lowest BCUT2D eigenvalue weighted by Crippen LogP contribution is -2.38. The average Bonchev–Trinajstić information content (AvgIpc) is 3.69. The quantitative estimate of drug-likeness (QED) is 0.0402. The maximum atomic E-state index is 13.7. The van der Waals surface area contributed by atoms with Gasteiger partial charge in [-0.1, -0.05) is 156 Å². The molecule has 9 heteroatoms. The Kier molecular flexibility index (Phi) is 35.1. The van der Waals surface area contributed by atoms with E-state index in [0.29, 0.717) is 37.5 Å². The smallest absolute Gasteiger partial charge is 0.318 e. The standard InChI is InChI=1S/C45H83N3O5S/c1-4-7-10-13-16-17-18-19-20-21-24-27-37-52-43(49)32-39-54-38-31-42(44(50)47-33-28-35-48-36-34-46-40-48)45(51)53-41(29-25-22-14-11-8-5-2)30-26-23-15-12-9-6-3/h34,36,40-42H,4-33,35,37-39H2,1-3H3,(H,47,50). The first-order valence-corrected chi connectivity index (χ1v) is 23.8. The highest BCUT2D eigenvalue weighted by Gasteiger charge is 2.30. The Morgan fingerprint density at radius 3 is 1.69 bits per heavy atom. The second-order valence-electron chi connectivity index (χ2n) is 15.4. The molecule has 1 unspecified atom stereocenters. The van der Waals surface area contributed by atoms with Crippen LogP contribution >= 0.6 is 11.8 Å². The number of ether oxygens (including phenoxy) is 2. The molecule has 1 atom stereocenters. The predicted molar refractivity (Wildman–Crippen MR) is 228 cm³/mol. The van der Waals surface area contributed by atoms with Crippen molar-refractivity contribution in [1.29, 1.82) is 0 Å². The van der Waals surface area contributed by atoms with Crippen LogP contribution in [-0.4, -0.2) is 58.2 Å². The highest BCUT2D eigenvalue weighted by atomic mass is 32.2. The molecule has 0 aliphatic carbocycles. The van der Waals surface area contributed by atoms with E-state index >= 15 is 0 Å². The number of nitrogens with one attached hydrogen (secondary N) is 1. The highest BCUT2D eigenvalue weighted by Crippen LogP contribution is 2.21. The maximum Gasteiger partial charge on any atom is 0.318 e. The van der Waals surface area contributed by atoms with Gasteiger partial charge in [0.25, 0.3) is 0 Å². The topological polar surface area (TPSA) is 99.5 Å². The monoisotopic (exact) mass is 778 g/mol. The van der Waals surface area contributed by atoms with Crippen molar-refractivity contribution in [2.24, 2.45) is 5.92 Å². The van der Waals surface area contributed by atoms with Crippen LogP contribution in [0.25, 0.3) is 0 Å². The van der Waals surface area contributed by atoms with Crippen LogP contribution in [0.3, 0.4) is 0 Å². The summed E-state index contributed by atoms with van der Waals surface area (Å²) >= 11 is 1.60. The van der Waals surface area contributed by atoms with Gasteiger partial charge in [0, 0.05) is 31.2 Å². The highest BCUT2D eigenvalue weighted by molar-refractivity contribution is 7.99. The van der Waals surface area contributed by atoms with Crippen molar-refractivity contribution in [3.63, 3.8) is 0 Å². The zero-order chi connectivity index (χ0) is 39.2. The van der Waals surface area contributed by atoms with E-state index < -0.39 is 11.9 Å². The van der Waals surface area contributed by atoms with Gasteiger partial charge in [-0.3, -0.25) is 14.4 Å². The Morgan fingerprint density at radius 1 is 0.648 bits per heavy atom. The summed E-state index contributed by atoms with van der Waals surface area (Å²) in [6.07, 6.45) is 38.3. The number of hydrogen-bond donors (Lipinski definition) is 1. The molecule has 54 heavy (non-hydrogen) atoms. The second kappa shape index (κ2) is 37.9. The van der Waals surface area contributed by atoms with Gasteiger partial charge in [0.1, 0.15) is 12.0 Å². The average molecular weight is 778 g/mol. The molecule has 0 bridgehead atoms. The van der Waals surface area contributed by atoms with Crippen molar-refractivity contribution in [2.75, 3.05) is 24.7 Å². The summed E-state index contributed by atoms with van der Waals surface area (Å²) in [5.41, 5.74) is 0. The lowest BCUT2D eigenvalue weighted by molar-refractivity contribution is -0.158. The third kappa shape index (κ3) is 30.2. The predicted octanol–water partition coefficient (Wildman–Crippen LogP) is 12.2. The zero-order valence-corrected chi connectivity index (χ0v) is 36.1. The van der Waals surface area contributed by atoms with Gasteiger partial charge in [-0.15, -0.1) is 0 Å². The first-order valence-electron chi connectivity index (χ1n) is 22.7. The Hall–Kier alpha value is -2.03. The molecule has 8 nitrogen and oxygen atoms in total. The van der Waals surface area contributed by atoms with Crippen LogP contribution in [0.5, 0.6) is 0 Å². The molecule has 0 aliphatic heterocycles. The molecule has 0 spiro atoms. The summed E-state index contributed by atoms with van der Waals surface area (Å²) in [5, 5.41) is 3.00. The van der Waals surface area contributed by atoms with Crippen LogP contribution < -0.4 is 5.32 Å². The Balaban J connectivity index is 2.49. The van der Waals surface area contributed by atoms with Crippen LogP contribution in [0.1, 0.15) is 207 Å². The Morgan fingerprint density at radius 2 is 1.17 bits per heavy atom.